The molecule has 0 bridgehead atoms. The largest absolute Gasteiger partial charge is 0.496 e. The van der Waals surface area contributed by atoms with Crippen molar-refractivity contribution in [3.05, 3.63) is 65.7 Å². The molecule has 20 heavy (non-hydrogen) atoms. The minimum atomic E-state index is 0.783. The van der Waals surface area contributed by atoms with Crippen molar-refractivity contribution >= 4 is 6.08 Å². The summed E-state index contributed by atoms with van der Waals surface area (Å²) in [4.78, 5) is 0. The molecule has 0 atom stereocenters. The molecule has 100 valence electrons. The molecule has 0 radical (unpaired) electrons. The number of para-hydroxylation sites is 2. The first-order valence-corrected chi connectivity index (χ1v) is 6.29. The van der Waals surface area contributed by atoms with E-state index in [2.05, 4.69) is 11.8 Å². The predicted octanol–water partition coefficient (Wildman–Crippen LogP) is 3.77. The van der Waals surface area contributed by atoms with Gasteiger partial charge in [-0.3, -0.25) is 0 Å². The van der Waals surface area contributed by atoms with Gasteiger partial charge in [0.2, 0.25) is 0 Å². The molecule has 0 aliphatic carbocycles. The average molecular weight is 264 g/mol. The highest BCUT2D eigenvalue weighted by Gasteiger charge is 1.96. The standard InChI is InChI=1S/C18H16O2/c1-19-17-13-7-5-11-15(17)9-3-4-10-16-12-6-8-14-18(16)20-2/h3,5-9,11-14H,1-2H3/b9-3+. The molecule has 2 heteroatoms. The average Bonchev–Trinajstić information content (AvgIpc) is 2.52. The normalized spacial score (nSPS) is 9.90. The third-order valence-electron chi connectivity index (χ3n) is 2.80. The number of ether oxygens (including phenoxy) is 2. The second-order valence-electron chi connectivity index (χ2n) is 4.04. The summed E-state index contributed by atoms with van der Waals surface area (Å²) in [6.45, 7) is 0. The van der Waals surface area contributed by atoms with Gasteiger partial charge in [0.15, 0.2) is 0 Å². The summed E-state index contributed by atoms with van der Waals surface area (Å²) in [6.07, 6.45) is 3.74. The first kappa shape index (κ1) is 13.8. The maximum absolute atomic E-state index is 5.28. The van der Waals surface area contributed by atoms with Crippen molar-refractivity contribution in [1.29, 1.82) is 0 Å². The zero-order valence-corrected chi connectivity index (χ0v) is 11.6. The van der Waals surface area contributed by atoms with Crippen molar-refractivity contribution < 1.29 is 9.47 Å². The number of hydrogen-bond donors (Lipinski definition) is 0. The van der Waals surface area contributed by atoms with Gasteiger partial charge in [-0.1, -0.05) is 42.2 Å². The summed E-state index contributed by atoms with van der Waals surface area (Å²) in [5, 5.41) is 0. The van der Waals surface area contributed by atoms with Crippen LogP contribution in [0.3, 0.4) is 0 Å². The molecule has 0 heterocycles. The van der Waals surface area contributed by atoms with Crippen molar-refractivity contribution in [2.24, 2.45) is 0 Å². The van der Waals surface area contributed by atoms with E-state index in [0.29, 0.717) is 0 Å². The molecule has 2 aromatic carbocycles. The van der Waals surface area contributed by atoms with Crippen LogP contribution >= 0.6 is 0 Å². The second kappa shape index (κ2) is 7.06. The van der Waals surface area contributed by atoms with E-state index in [4.69, 9.17) is 9.47 Å². The molecule has 0 unspecified atom stereocenters. The maximum atomic E-state index is 5.28. The molecule has 0 aromatic heterocycles. The Morgan fingerprint density at radius 3 is 2.25 bits per heavy atom. The Kier molecular flexibility index (Phi) is 4.86. The van der Waals surface area contributed by atoms with Crippen LogP contribution in [0.2, 0.25) is 0 Å². The number of rotatable bonds is 3. The molecule has 2 nitrogen and oxygen atoms in total. The quantitative estimate of drug-likeness (QED) is 0.786. The van der Waals surface area contributed by atoms with E-state index in [1.54, 1.807) is 14.2 Å². The van der Waals surface area contributed by atoms with Crippen molar-refractivity contribution in [3.8, 4) is 23.3 Å². The van der Waals surface area contributed by atoms with E-state index in [1.807, 2.05) is 60.7 Å². The minimum Gasteiger partial charge on any atom is -0.496 e. The van der Waals surface area contributed by atoms with Crippen LogP contribution in [0.25, 0.3) is 6.08 Å². The first-order valence-electron chi connectivity index (χ1n) is 6.29. The molecule has 0 spiro atoms. The fourth-order valence-electron chi connectivity index (χ4n) is 1.80. The lowest BCUT2D eigenvalue weighted by molar-refractivity contribution is 0.413. The van der Waals surface area contributed by atoms with Crippen LogP contribution in [0.15, 0.2) is 54.6 Å². The van der Waals surface area contributed by atoms with Crippen LogP contribution in [-0.2, 0) is 0 Å². The lowest BCUT2D eigenvalue weighted by Crippen LogP contribution is -1.86. The minimum absolute atomic E-state index is 0.783. The van der Waals surface area contributed by atoms with Gasteiger partial charge in [0, 0.05) is 5.56 Å². The van der Waals surface area contributed by atoms with Gasteiger partial charge in [0.05, 0.1) is 19.8 Å². The van der Waals surface area contributed by atoms with Crippen molar-refractivity contribution in [1.82, 2.24) is 0 Å². The van der Waals surface area contributed by atoms with Gasteiger partial charge in [-0.05, 0) is 30.4 Å². The smallest absolute Gasteiger partial charge is 0.134 e. The molecule has 0 aliphatic heterocycles. The summed E-state index contributed by atoms with van der Waals surface area (Å²) in [6, 6.07) is 15.5. The summed E-state index contributed by atoms with van der Waals surface area (Å²) in [5.41, 5.74) is 1.88. The van der Waals surface area contributed by atoms with Gasteiger partial charge < -0.3 is 9.47 Å². The summed E-state index contributed by atoms with van der Waals surface area (Å²) in [7, 11) is 3.30. The number of methoxy groups -OCH3 is 2. The molecule has 2 aromatic rings. The summed E-state index contributed by atoms with van der Waals surface area (Å²) >= 11 is 0. The van der Waals surface area contributed by atoms with E-state index in [-0.39, 0.29) is 0 Å². The second-order valence-corrected chi connectivity index (χ2v) is 4.04. The van der Waals surface area contributed by atoms with Gasteiger partial charge in [-0.2, -0.15) is 0 Å². The van der Waals surface area contributed by atoms with Crippen molar-refractivity contribution in [2.45, 2.75) is 0 Å². The van der Waals surface area contributed by atoms with E-state index in [0.717, 1.165) is 22.6 Å². The van der Waals surface area contributed by atoms with E-state index >= 15 is 0 Å². The zero-order valence-electron chi connectivity index (χ0n) is 11.6. The van der Waals surface area contributed by atoms with Crippen LogP contribution in [0.5, 0.6) is 11.5 Å². The topological polar surface area (TPSA) is 18.5 Å². The van der Waals surface area contributed by atoms with E-state index in [1.165, 1.54) is 0 Å². The highest BCUT2D eigenvalue weighted by Crippen LogP contribution is 2.18. The van der Waals surface area contributed by atoms with Gasteiger partial charge in [-0.25, -0.2) is 0 Å². The van der Waals surface area contributed by atoms with E-state index < -0.39 is 0 Å². The maximum Gasteiger partial charge on any atom is 0.134 e. The van der Waals surface area contributed by atoms with Crippen LogP contribution in [0.1, 0.15) is 11.1 Å². The fourth-order valence-corrected chi connectivity index (χ4v) is 1.80. The summed E-state index contributed by atoms with van der Waals surface area (Å²) < 4.78 is 10.5. The van der Waals surface area contributed by atoms with Crippen LogP contribution in [0, 0.1) is 11.8 Å². The third kappa shape index (κ3) is 3.43. The Balaban J connectivity index is 2.16. The Hall–Kier alpha value is -2.66. The van der Waals surface area contributed by atoms with Crippen molar-refractivity contribution in [3.63, 3.8) is 0 Å². The molecular weight excluding hydrogens is 248 g/mol. The zero-order chi connectivity index (χ0) is 14.2. The monoisotopic (exact) mass is 264 g/mol. The number of hydrogen-bond acceptors (Lipinski definition) is 2. The molecule has 0 saturated heterocycles. The molecule has 0 N–H and O–H groups in total. The predicted molar refractivity (Wildman–Crippen MR) is 81.9 cm³/mol. The van der Waals surface area contributed by atoms with Gasteiger partial charge in [0.25, 0.3) is 0 Å². The van der Waals surface area contributed by atoms with Gasteiger partial charge in [0.1, 0.15) is 11.5 Å². The molecule has 0 fully saturated rings. The molecular formula is C18H16O2. The number of benzene rings is 2. The van der Waals surface area contributed by atoms with Crippen LogP contribution < -0.4 is 9.47 Å². The fraction of sp³-hybridized carbons (Fsp3) is 0.111. The Morgan fingerprint density at radius 1 is 0.850 bits per heavy atom. The molecule has 0 amide bonds. The van der Waals surface area contributed by atoms with Crippen molar-refractivity contribution in [2.75, 3.05) is 14.2 Å². The first-order chi connectivity index (χ1) is 9.85. The lowest BCUT2D eigenvalue weighted by atomic mass is 10.2. The Labute approximate surface area is 119 Å². The van der Waals surface area contributed by atoms with Gasteiger partial charge in [-0.15, -0.1) is 0 Å². The Morgan fingerprint density at radius 2 is 1.50 bits per heavy atom. The van der Waals surface area contributed by atoms with Crippen LogP contribution in [0.4, 0.5) is 0 Å². The van der Waals surface area contributed by atoms with E-state index in [9.17, 15) is 0 Å². The lowest BCUT2D eigenvalue weighted by Gasteiger charge is -2.02. The number of allylic oxidation sites excluding steroid dienone is 1. The highest BCUT2D eigenvalue weighted by atomic mass is 16.5. The van der Waals surface area contributed by atoms with Gasteiger partial charge >= 0.3 is 0 Å². The molecule has 2 rings (SSSR count). The molecule has 0 saturated carbocycles. The van der Waals surface area contributed by atoms with Crippen LogP contribution in [-0.4, -0.2) is 14.2 Å². The highest BCUT2D eigenvalue weighted by molar-refractivity contribution is 5.60. The SMILES string of the molecule is COc1ccccc1C#C/C=C/c1ccccc1OC. The Bertz CT molecular complexity index is 660. The summed E-state index contributed by atoms with van der Waals surface area (Å²) in [5.74, 6) is 7.70. The third-order valence-corrected chi connectivity index (χ3v) is 2.80. The molecule has 0 aliphatic rings.